The Morgan fingerprint density at radius 2 is 2.10 bits per heavy atom. The van der Waals surface area contributed by atoms with Gasteiger partial charge in [-0.25, -0.2) is 9.37 Å². The quantitative estimate of drug-likeness (QED) is 0.755. The lowest BCUT2D eigenvalue weighted by atomic mass is 10.0. The van der Waals surface area contributed by atoms with Gasteiger partial charge in [-0.1, -0.05) is 13.0 Å². The van der Waals surface area contributed by atoms with Crippen molar-refractivity contribution in [2.24, 2.45) is 0 Å². The Morgan fingerprint density at radius 3 is 2.76 bits per heavy atom. The van der Waals surface area contributed by atoms with E-state index in [0.29, 0.717) is 11.6 Å². The molecule has 2 aromatic rings. The monoisotopic (exact) mass is 401 g/mol. The third-order valence-electron chi connectivity index (χ3n) is 3.03. The molecule has 0 aliphatic carbocycles. The van der Waals surface area contributed by atoms with E-state index in [1.54, 1.807) is 25.6 Å². The number of nitrogens with zero attached hydrogens (tertiary/aromatic N) is 2. The Kier molecular flexibility index (Phi) is 5.86. The van der Waals surface area contributed by atoms with Crippen LogP contribution in [-0.4, -0.2) is 23.6 Å². The molecule has 0 spiro atoms. The molecule has 1 aromatic carbocycles. The van der Waals surface area contributed by atoms with Crippen molar-refractivity contribution in [1.29, 1.82) is 0 Å². The topological polar surface area (TPSA) is 47.0 Å². The highest BCUT2D eigenvalue weighted by atomic mass is 127. The Balaban J connectivity index is 2.47. The lowest BCUT2D eigenvalue weighted by Crippen LogP contribution is -2.25. The molecule has 0 amide bonds. The SMILES string of the molecule is CCCNC(c1ccc(F)cc1I)c1nccnc1OC. The van der Waals surface area contributed by atoms with Gasteiger partial charge in [-0.05, 0) is 53.3 Å². The number of ether oxygens (including phenoxy) is 1. The van der Waals surface area contributed by atoms with E-state index in [0.717, 1.165) is 22.1 Å². The van der Waals surface area contributed by atoms with E-state index in [4.69, 9.17) is 4.74 Å². The number of rotatable bonds is 6. The highest BCUT2D eigenvalue weighted by molar-refractivity contribution is 14.1. The van der Waals surface area contributed by atoms with Crippen LogP contribution in [0, 0.1) is 9.39 Å². The largest absolute Gasteiger partial charge is 0.480 e. The minimum absolute atomic E-state index is 0.180. The summed E-state index contributed by atoms with van der Waals surface area (Å²) in [4.78, 5) is 8.59. The molecular weight excluding hydrogens is 384 g/mol. The Labute approximate surface area is 137 Å². The molecule has 21 heavy (non-hydrogen) atoms. The summed E-state index contributed by atoms with van der Waals surface area (Å²) in [6.45, 7) is 2.91. The number of nitrogens with one attached hydrogen (secondary N) is 1. The van der Waals surface area contributed by atoms with Crippen LogP contribution in [0.5, 0.6) is 5.88 Å². The van der Waals surface area contributed by atoms with Gasteiger partial charge < -0.3 is 10.1 Å². The van der Waals surface area contributed by atoms with Gasteiger partial charge in [0.2, 0.25) is 5.88 Å². The fourth-order valence-corrected chi connectivity index (χ4v) is 2.86. The minimum atomic E-state index is -0.247. The van der Waals surface area contributed by atoms with E-state index in [-0.39, 0.29) is 11.9 Å². The number of benzene rings is 1. The van der Waals surface area contributed by atoms with E-state index >= 15 is 0 Å². The first-order valence-corrected chi connectivity index (χ1v) is 7.78. The Hall–Kier alpha value is -1.28. The summed E-state index contributed by atoms with van der Waals surface area (Å²) in [6.07, 6.45) is 4.21. The molecule has 2 rings (SSSR count). The van der Waals surface area contributed by atoms with Crippen LogP contribution in [0.25, 0.3) is 0 Å². The van der Waals surface area contributed by atoms with Gasteiger partial charge in [0, 0.05) is 16.0 Å². The minimum Gasteiger partial charge on any atom is -0.480 e. The fraction of sp³-hybridized carbons (Fsp3) is 0.333. The second kappa shape index (κ2) is 7.65. The van der Waals surface area contributed by atoms with Crippen molar-refractivity contribution in [2.45, 2.75) is 19.4 Å². The van der Waals surface area contributed by atoms with Crippen LogP contribution in [0.15, 0.2) is 30.6 Å². The van der Waals surface area contributed by atoms with E-state index < -0.39 is 0 Å². The van der Waals surface area contributed by atoms with Crippen LogP contribution in [0.1, 0.15) is 30.6 Å². The summed E-state index contributed by atoms with van der Waals surface area (Å²) in [7, 11) is 1.57. The summed E-state index contributed by atoms with van der Waals surface area (Å²) in [5, 5.41) is 3.43. The molecular formula is C15H17FIN3O. The van der Waals surface area contributed by atoms with Gasteiger partial charge in [-0.3, -0.25) is 4.98 Å². The normalized spacial score (nSPS) is 12.2. The molecule has 6 heteroatoms. The lowest BCUT2D eigenvalue weighted by Gasteiger charge is -2.21. The average molecular weight is 401 g/mol. The molecule has 1 heterocycles. The molecule has 0 fully saturated rings. The molecule has 0 bridgehead atoms. The molecule has 1 unspecified atom stereocenters. The van der Waals surface area contributed by atoms with Crippen molar-refractivity contribution in [3.05, 3.63) is 51.2 Å². The van der Waals surface area contributed by atoms with Crippen molar-refractivity contribution < 1.29 is 9.13 Å². The van der Waals surface area contributed by atoms with Crippen LogP contribution in [-0.2, 0) is 0 Å². The highest BCUT2D eigenvalue weighted by Crippen LogP contribution is 2.29. The van der Waals surface area contributed by atoms with E-state index in [1.165, 1.54) is 12.1 Å². The molecule has 0 saturated heterocycles. The van der Waals surface area contributed by atoms with Gasteiger partial charge in [0.05, 0.1) is 13.2 Å². The van der Waals surface area contributed by atoms with Crippen molar-refractivity contribution in [3.63, 3.8) is 0 Å². The molecule has 1 atom stereocenters. The van der Waals surface area contributed by atoms with Gasteiger partial charge in [0.25, 0.3) is 0 Å². The molecule has 112 valence electrons. The van der Waals surface area contributed by atoms with E-state index in [9.17, 15) is 4.39 Å². The number of methoxy groups -OCH3 is 1. The Bertz CT molecular complexity index is 609. The van der Waals surface area contributed by atoms with Crippen LogP contribution >= 0.6 is 22.6 Å². The number of hydrogen-bond acceptors (Lipinski definition) is 4. The first-order valence-electron chi connectivity index (χ1n) is 6.70. The van der Waals surface area contributed by atoms with Crippen molar-refractivity contribution >= 4 is 22.6 Å². The maximum absolute atomic E-state index is 13.3. The highest BCUT2D eigenvalue weighted by Gasteiger charge is 2.22. The van der Waals surface area contributed by atoms with Gasteiger partial charge in [-0.15, -0.1) is 0 Å². The molecule has 0 aliphatic heterocycles. The number of hydrogen-bond donors (Lipinski definition) is 1. The Morgan fingerprint density at radius 1 is 1.33 bits per heavy atom. The fourth-order valence-electron chi connectivity index (χ4n) is 2.07. The van der Waals surface area contributed by atoms with Crippen LogP contribution < -0.4 is 10.1 Å². The predicted octanol–water partition coefficient (Wildman–Crippen LogP) is 3.32. The standard InChI is InChI=1S/C15H17FIN3O/c1-3-6-18-13(11-5-4-10(16)9-12(11)17)14-15(21-2)20-8-7-19-14/h4-5,7-9,13,18H,3,6H2,1-2H3. The molecule has 0 radical (unpaired) electrons. The number of halogens is 2. The van der Waals surface area contributed by atoms with Gasteiger partial charge in [0.15, 0.2) is 0 Å². The zero-order valence-corrected chi connectivity index (χ0v) is 14.1. The lowest BCUT2D eigenvalue weighted by molar-refractivity contribution is 0.382. The molecule has 4 nitrogen and oxygen atoms in total. The average Bonchev–Trinajstić information content (AvgIpc) is 2.49. The summed E-state index contributed by atoms with van der Waals surface area (Å²) < 4.78 is 19.5. The third kappa shape index (κ3) is 3.88. The van der Waals surface area contributed by atoms with Crippen LogP contribution in [0.2, 0.25) is 0 Å². The smallest absolute Gasteiger partial charge is 0.237 e. The second-order valence-corrected chi connectivity index (χ2v) is 5.67. The summed E-state index contributed by atoms with van der Waals surface area (Å²) in [6, 6.07) is 4.57. The summed E-state index contributed by atoms with van der Waals surface area (Å²) >= 11 is 2.13. The second-order valence-electron chi connectivity index (χ2n) is 4.50. The first-order chi connectivity index (χ1) is 10.2. The molecule has 1 aromatic heterocycles. The van der Waals surface area contributed by atoms with Crippen molar-refractivity contribution in [2.75, 3.05) is 13.7 Å². The van der Waals surface area contributed by atoms with Crippen molar-refractivity contribution in [1.82, 2.24) is 15.3 Å². The zero-order chi connectivity index (χ0) is 15.2. The first kappa shape index (κ1) is 16.1. The summed E-state index contributed by atoms with van der Waals surface area (Å²) in [5.74, 6) is 0.231. The number of aromatic nitrogens is 2. The third-order valence-corrected chi connectivity index (χ3v) is 3.96. The van der Waals surface area contributed by atoms with E-state index in [2.05, 4.69) is 44.8 Å². The molecule has 0 aliphatic rings. The van der Waals surface area contributed by atoms with Crippen LogP contribution in [0.4, 0.5) is 4.39 Å². The van der Waals surface area contributed by atoms with Gasteiger partial charge in [0.1, 0.15) is 11.5 Å². The molecule has 1 N–H and O–H groups in total. The maximum atomic E-state index is 13.3. The molecule has 0 saturated carbocycles. The van der Waals surface area contributed by atoms with Gasteiger partial charge in [-0.2, -0.15) is 0 Å². The van der Waals surface area contributed by atoms with Crippen LogP contribution in [0.3, 0.4) is 0 Å². The maximum Gasteiger partial charge on any atom is 0.237 e. The van der Waals surface area contributed by atoms with E-state index in [1.807, 2.05) is 0 Å². The van der Waals surface area contributed by atoms with Gasteiger partial charge >= 0.3 is 0 Å². The summed E-state index contributed by atoms with van der Waals surface area (Å²) in [5.41, 5.74) is 1.67. The predicted molar refractivity (Wildman–Crippen MR) is 87.8 cm³/mol. The zero-order valence-electron chi connectivity index (χ0n) is 11.9. The van der Waals surface area contributed by atoms with Crippen molar-refractivity contribution in [3.8, 4) is 5.88 Å².